The summed E-state index contributed by atoms with van der Waals surface area (Å²) in [4.78, 5) is 36.4. The first-order valence-electron chi connectivity index (χ1n) is 11.6. The molecular formula is C26H30N4O6S. The largest absolute Gasteiger partial charge is 0.506 e. The number of anilines is 1. The number of benzene rings is 1. The molecule has 11 heteroatoms. The number of hydrogen-bond acceptors (Lipinski definition) is 9. The highest BCUT2D eigenvalue weighted by molar-refractivity contribution is 7.13. The molecule has 2 heterocycles. The van der Waals surface area contributed by atoms with Crippen molar-refractivity contribution in [2.75, 3.05) is 26.6 Å². The summed E-state index contributed by atoms with van der Waals surface area (Å²) in [7, 11) is 4.43. The lowest BCUT2D eigenvalue weighted by Gasteiger charge is -2.20. The molecule has 0 bridgehead atoms. The molecule has 0 saturated carbocycles. The van der Waals surface area contributed by atoms with E-state index in [1.165, 1.54) is 32.6 Å². The standard InChI is InChI=1S/C26H30N4O6S/c1-6-7-9-16-20(21-17(34-4)10-8-11-18(21)35-5)23(32)22(24(33)29-16)25(27-3)36-15(2)14-19(31)30-26-28-12-13-37-26/h8,10-13H,2,6-7,9,14H2,1,3-5H3,(H,28,30,31)(H2,29,32,33). The summed E-state index contributed by atoms with van der Waals surface area (Å²) in [6.07, 6.45) is 3.51. The average Bonchev–Trinajstić information content (AvgIpc) is 3.39. The molecule has 10 nitrogen and oxygen atoms in total. The van der Waals surface area contributed by atoms with E-state index in [0.717, 1.165) is 12.8 Å². The van der Waals surface area contributed by atoms with Gasteiger partial charge >= 0.3 is 0 Å². The van der Waals surface area contributed by atoms with Gasteiger partial charge in [-0.15, -0.1) is 11.3 Å². The predicted octanol–water partition coefficient (Wildman–Crippen LogP) is 4.50. The molecule has 0 radical (unpaired) electrons. The number of carbonyl (C=O) groups excluding carboxylic acids is 1. The fraction of sp³-hybridized carbons (Fsp3) is 0.308. The lowest BCUT2D eigenvalue weighted by atomic mass is 9.95. The number of amides is 1. The zero-order chi connectivity index (χ0) is 26.9. The number of pyridine rings is 1. The van der Waals surface area contributed by atoms with Gasteiger partial charge in [-0.25, -0.2) is 4.98 Å². The molecule has 3 aromatic rings. The molecule has 3 rings (SSSR count). The summed E-state index contributed by atoms with van der Waals surface area (Å²) in [5, 5.41) is 16.3. The van der Waals surface area contributed by atoms with Gasteiger partial charge in [-0.05, 0) is 25.0 Å². The van der Waals surface area contributed by atoms with E-state index in [9.17, 15) is 14.7 Å². The molecule has 1 amide bonds. The highest BCUT2D eigenvalue weighted by atomic mass is 32.1. The second kappa shape index (κ2) is 12.7. The number of carbonyl (C=O) groups is 1. The first-order valence-corrected chi connectivity index (χ1v) is 12.4. The number of nitrogens with one attached hydrogen (secondary N) is 2. The van der Waals surface area contributed by atoms with Gasteiger partial charge in [0, 0.05) is 24.3 Å². The van der Waals surface area contributed by atoms with Crippen LogP contribution in [0.4, 0.5) is 5.13 Å². The van der Waals surface area contributed by atoms with Crippen LogP contribution in [-0.2, 0) is 16.0 Å². The highest BCUT2D eigenvalue weighted by Crippen LogP contribution is 2.44. The average molecular weight is 527 g/mol. The lowest BCUT2D eigenvalue weighted by molar-refractivity contribution is -0.115. The van der Waals surface area contributed by atoms with Crippen LogP contribution in [0.15, 0.2) is 51.9 Å². The molecule has 0 aliphatic heterocycles. The number of aromatic nitrogens is 2. The Bertz CT molecular complexity index is 1330. The topological polar surface area (TPSA) is 135 Å². The molecule has 37 heavy (non-hydrogen) atoms. The molecule has 0 fully saturated rings. The molecule has 196 valence electrons. The summed E-state index contributed by atoms with van der Waals surface area (Å²) in [6.45, 7) is 5.80. The zero-order valence-electron chi connectivity index (χ0n) is 21.2. The summed E-state index contributed by atoms with van der Waals surface area (Å²) >= 11 is 1.27. The zero-order valence-corrected chi connectivity index (χ0v) is 22.0. The Morgan fingerprint density at radius 3 is 2.51 bits per heavy atom. The van der Waals surface area contributed by atoms with Crippen LogP contribution in [0.5, 0.6) is 17.2 Å². The normalized spacial score (nSPS) is 11.2. The van der Waals surface area contributed by atoms with Crippen molar-refractivity contribution in [3.63, 3.8) is 0 Å². The van der Waals surface area contributed by atoms with Crippen LogP contribution < -0.4 is 20.3 Å². The number of aromatic hydroxyl groups is 1. The Morgan fingerprint density at radius 1 is 1.24 bits per heavy atom. The number of ether oxygens (including phenoxy) is 3. The molecule has 0 aliphatic rings. The fourth-order valence-corrected chi connectivity index (χ4v) is 4.30. The first kappa shape index (κ1) is 27.5. The molecule has 0 spiro atoms. The molecular weight excluding hydrogens is 496 g/mol. The van der Waals surface area contributed by atoms with Gasteiger partial charge in [0.25, 0.3) is 5.56 Å². The number of nitrogens with zero attached hydrogens (tertiary/aromatic N) is 2. The fourth-order valence-electron chi connectivity index (χ4n) is 3.75. The van der Waals surface area contributed by atoms with E-state index in [4.69, 9.17) is 14.2 Å². The van der Waals surface area contributed by atoms with Gasteiger partial charge in [0.1, 0.15) is 28.6 Å². The maximum atomic E-state index is 13.2. The van der Waals surface area contributed by atoms with Crippen LogP contribution in [-0.4, -0.2) is 48.1 Å². The third kappa shape index (κ3) is 6.36. The summed E-state index contributed by atoms with van der Waals surface area (Å²) in [5.41, 5.74) is 0.544. The van der Waals surface area contributed by atoms with Gasteiger partial charge in [0.2, 0.25) is 11.8 Å². The SMILES string of the molecule is C=C(CC(=O)Nc1nccs1)OC(=NC)c1c(O)c(-c2c(OC)cccc2OC)c(CCCC)[nH]c1=O. The molecule has 1 aromatic carbocycles. The smallest absolute Gasteiger partial charge is 0.264 e. The number of hydrogen-bond donors (Lipinski definition) is 3. The number of unbranched alkanes of at least 4 members (excludes halogenated alkanes) is 1. The molecule has 0 atom stereocenters. The van der Waals surface area contributed by atoms with Gasteiger partial charge in [0.15, 0.2) is 5.13 Å². The van der Waals surface area contributed by atoms with Crippen molar-refractivity contribution in [1.82, 2.24) is 9.97 Å². The Balaban J connectivity index is 2.04. The van der Waals surface area contributed by atoms with Crippen molar-refractivity contribution in [2.24, 2.45) is 4.99 Å². The van der Waals surface area contributed by atoms with Crippen molar-refractivity contribution >= 4 is 28.3 Å². The number of aryl methyl sites for hydroxylation is 1. The predicted molar refractivity (Wildman–Crippen MR) is 144 cm³/mol. The van der Waals surface area contributed by atoms with Crippen molar-refractivity contribution in [3.8, 4) is 28.4 Å². The third-order valence-electron chi connectivity index (χ3n) is 5.42. The first-order chi connectivity index (χ1) is 17.8. The van der Waals surface area contributed by atoms with E-state index in [1.54, 1.807) is 29.8 Å². The van der Waals surface area contributed by atoms with Gasteiger partial charge in [-0.1, -0.05) is 26.0 Å². The number of thiazole rings is 1. The van der Waals surface area contributed by atoms with Crippen LogP contribution in [0, 0.1) is 0 Å². The summed E-state index contributed by atoms with van der Waals surface area (Å²) in [6, 6.07) is 5.24. The number of methoxy groups -OCH3 is 2. The number of aliphatic imine (C=N–C) groups is 1. The van der Waals surface area contributed by atoms with Crippen LogP contribution in [0.3, 0.4) is 0 Å². The van der Waals surface area contributed by atoms with Crippen LogP contribution in [0.25, 0.3) is 11.1 Å². The van der Waals surface area contributed by atoms with Crippen LogP contribution >= 0.6 is 11.3 Å². The maximum absolute atomic E-state index is 13.2. The Labute approximate surface area is 218 Å². The summed E-state index contributed by atoms with van der Waals surface area (Å²) < 4.78 is 16.8. The minimum absolute atomic E-state index is 0.0277. The van der Waals surface area contributed by atoms with Crippen LogP contribution in [0.2, 0.25) is 0 Å². The van der Waals surface area contributed by atoms with Crippen molar-refractivity contribution in [1.29, 1.82) is 0 Å². The third-order valence-corrected chi connectivity index (χ3v) is 6.11. The van der Waals surface area contributed by atoms with E-state index in [1.807, 2.05) is 6.92 Å². The van der Waals surface area contributed by atoms with E-state index >= 15 is 0 Å². The monoisotopic (exact) mass is 526 g/mol. The molecule has 0 unspecified atom stereocenters. The van der Waals surface area contributed by atoms with E-state index < -0.39 is 11.5 Å². The van der Waals surface area contributed by atoms with Crippen LogP contribution in [0.1, 0.15) is 37.4 Å². The van der Waals surface area contributed by atoms with Gasteiger partial charge < -0.3 is 29.6 Å². The molecule has 2 aromatic heterocycles. The maximum Gasteiger partial charge on any atom is 0.264 e. The lowest BCUT2D eigenvalue weighted by Crippen LogP contribution is -2.24. The highest BCUT2D eigenvalue weighted by Gasteiger charge is 2.27. The van der Waals surface area contributed by atoms with Gasteiger partial charge in [-0.2, -0.15) is 0 Å². The number of aromatic amines is 1. The Hall–Kier alpha value is -4.12. The quantitative estimate of drug-likeness (QED) is 0.190. The molecule has 0 aliphatic carbocycles. The van der Waals surface area contributed by atoms with E-state index in [2.05, 4.69) is 26.9 Å². The van der Waals surface area contributed by atoms with Crippen molar-refractivity contribution in [3.05, 3.63) is 63.7 Å². The molecule has 3 N–H and O–H groups in total. The van der Waals surface area contributed by atoms with E-state index in [0.29, 0.717) is 39.9 Å². The second-order valence-electron chi connectivity index (χ2n) is 7.90. The summed E-state index contributed by atoms with van der Waals surface area (Å²) in [5.74, 6) is -0.0155. The molecule has 0 saturated heterocycles. The Kier molecular flexibility index (Phi) is 9.45. The minimum atomic E-state index is -0.596. The van der Waals surface area contributed by atoms with Crippen molar-refractivity contribution in [2.45, 2.75) is 32.6 Å². The second-order valence-corrected chi connectivity index (χ2v) is 8.80. The number of H-pyrrole nitrogens is 1. The van der Waals surface area contributed by atoms with Crippen molar-refractivity contribution < 1.29 is 24.1 Å². The minimum Gasteiger partial charge on any atom is -0.506 e. The Morgan fingerprint density at radius 2 is 1.95 bits per heavy atom. The van der Waals surface area contributed by atoms with Gasteiger partial charge in [0.05, 0.1) is 31.8 Å². The number of rotatable bonds is 11. The van der Waals surface area contributed by atoms with E-state index in [-0.39, 0.29) is 29.4 Å². The van der Waals surface area contributed by atoms with Gasteiger partial charge in [-0.3, -0.25) is 14.6 Å².